The number of rotatable bonds is 0. The zero-order chi connectivity index (χ0) is 10.7. The average molecular weight is 194 g/mol. The van der Waals surface area contributed by atoms with Gasteiger partial charge in [0.15, 0.2) is 0 Å². The standard InChI is InChI=1S/C15H14/c1-3-13-10-12(2)14-8-6-4-5-7-9-15(13)11-14/h1,10-11H,4-6,8H2,2H3. The molecule has 0 heteroatoms. The van der Waals surface area contributed by atoms with Gasteiger partial charge in [0, 0.05) is 17.5 Å². The van der Waals surface area contributed by atoms with E-state index in [1.807, 2.05) is 0 Å². The summed E-state index contributed by atoms with van der Waals surface area (Å²) in [4.78, 5) is 0. The van der Waals surface area contributed by atoms with Gasteiger partial charge in [-0.3, -0.25) is 0 Å². The molecule has 15 heavy (non-hydrogen) atoms. The molecule has 0 unspecified atom stereocenters. The molecule has 0 amide bonds. The van der Waals surface area contributed by atoms with Crippen molar-refractivity contribution in [3.63, 3.8) is 0 Å². The van der Waals surface area contributed by atoms with Crippen LogP contribution in [0.15, 0.2) is 12.1 Å². The maximum atomic E-state index is 5.48. The molecular weight excluding hydrogens is 180 g/mol. The lowest BCUT2D eigenvalue weighted by atomic mass is 9.97. The normalized spacial score (nSPS) is 13.9. The Morgan fingerprint density at radius 1 is 1.33 bits per heavy atom. The largest absolute Gasteiger partial charge is 0.115 e. The summed E-state index contributed by atoms with van der Waals surface area (Å²) < 4.78 is 0. The van der Waals surface area contributed by atoms with Gasteiger partial charge in [-0.2, -0.15) is 0 Å². The highest BCUT2D eigenvalue weighted by Gasteiger charge is 2.05. The molecular formula is C15H14. The van der Waals surface area contributed by atoms with Crippen molar-refractivity contribution in [3.8, 4) is 24.2 Å². The Kier molecular flexibility index (Phi) is 2.79. The quantitative estimate of drug-likeness (QED) is 0.557. The van der Waals surface area contributed by atoms with Gasteiger partial charge in [0.05, 0.1) is 0 Å². The van der Waals surface area contributed by atoms with Crippen molar-refractivity contribution in [1.29, 1.82) is 0 Å². The van der Waals surface area contributed by atoms with Crippen LogP contribution >= 0.6 is 0 Å². The molecule has 1 aliphatic rings. The highest BCUT2D eigenvalue weighted by molar-refractivity contribution is 5.53. The van der Waals surface area contributed by atoms with E-state index in [2.05, 4.69) is 36.8 Å². The van der Waals surface area contributed by atoms with Crippen molar-refractivity contribution in [1.82, 2.24) is 0 Å². The summed E-state index contributed by atoms with van der Waals surface area (Å²) in [6.07, 6.45) is 10.0. The molecule has 1 aromatic carbocycles. The summed E-state index contributed by atoms with van der Waals surface area (Å²) >= 11 is 0. The molecule has 1 aromatic rings. The van der Waals surface area contributed by atoms with Crippen LogP contribution in [0.25, 0.3) is 0 Å². The molecule has 0 aliphatic heterocycles. The third-order valence-electron chi connectivity index (χ3n) is 2.85. The van der Waals surface area contributed by atoms with Gasteiger partial charge in [0.25, 0.3) is 0 Å². The van der Waals surface area contributed by atoms with E-state index in [4.69, 9.17) is 6.42 Å². The first-order valence-corrected chi connectivity index (χ1v) is 5.40. The first-order valence-electron chi connectivity index (χ1n) is 5.40. The minimum atomic E-state index is 0.936. The summed E-state index contributed by atoms with van der Waals surface area (Å²) in [5.41, 5.74) is 4.67. The lowest BCUT2D eigenvalue weighted by molar-refractivity contribution is 0.755. The molecule has 0 fully saturated rings. The fourth-order valence-corrected chi connectivity index (χ4v) is 1.93. The topological polar surface area (TPSA) is 0 Å². The SMILES string of the molecule is C#Cc1cc(C)c2cc1C#CCCCC2. The van der Waals surface area contributed by atoms with Crippen molar-refractivity contribution in [2.45, 2.75) is 32.6 Å². The Morgan fingerprint density at radius 2 is 2.20 bits per heavy atom. The first-order chi connectivity index (χ1) is 7.31. The second-order valence-corrected chi connectivity index (χ2v) is 3.98. The van der Waals surface area contributed by atoms with Crippen molar-refractivity contribution in [3.05, 3.63) is 34.4 Å². The Morgan fingerprint density at radius 3 is 3.00 bits per heavy atom. The molecule has 2 rings (SSSR count). The minimum absolute atomic E-state index is 0.936. The number of hydrogen-bond donors (Lipinski definition) is 0. The third-order valence-corrected chi connectivity index (χ3v) is 2.85. The fourth-order valence-electron chi connectivity index (χ4n) is 1.93. The highest BCUT2D eigenvalue weighted by Crippen LogP contribution is 2.19. The van der Waals surface area contributed by atoms with Crippen LogP contribution in [0.3, 0.4) is 0 Å². The number of terminal acetylenes is 1. The van der Waals surface area contributed by atoms with Crippen LogP contribution in [0.2, 0.25) is 0 Å². The van der Waals surface area contributed by atoms with E-state index < -0.39 is 0 Å². The average Bonchev–Trinajstić information content (AvgIpc) is 2.35. The zero-order valence-electron chi connectivity index (χ0n) is 9.06. The molecule has 0 heterocycles. The predicted molar refractivity (Wildman–Crippen MR) is 63.5 cm³/mol. The molecule has 2 bridgehead atoms. The summed E-state index contributed by atoms with van der Waals surface area (Å²) in [6, 6.07) is 4.26. The number of benzene rings is 1. The summed E-state index contributed by atoms with van der Waals surface area (Å²) in [5, 5.41) is 0. The molecule has 0 atom stereocenters. The Bertz CT molecular complexity index is 475. The number of fused-ring (bicyclic) bond motifs is 2. The van der Waals surface area contributed by atoms with Crippen LogP contribution in [0, 0.1) is 31.1 Å². The molecule has 0 aromatic heterocycles. The minimum Gasteiger partial charge on any atom is -0.115 e. The monoisotopic (exact) mass is 194 g/mol. The smallest absolute Gasteiger partial charge is 0.0404 e. The molecule has 0 spiro atoms. The molecule has 0 nitrogen and oxygen atoms in total. The van der Waals surface area contributed by atoms with Crippen LogP contribution in [-0.2, 0) is 6.42 Å². The van der Waals surface area contributed by atoms with Crippen molar-refractivity contribution >= 4 is 0 Å². The summed E-state index contributed by atoms with van der Waals surface area (Å²) in [7, 11) is 0. The van der Waals surface area contributed by atoms with Crippen molar-refractivity contribution in [2.24, 2.45) is 0 Å². The lowest BCUT2D eigenvalue weighted by Gasteiger charge is -2.07. The molecule has 0 saturated carbocycles. The Labute approximate surface area is 91.7 Å². The molecule has 0 radical (unpaired) electrons. The van der Waals surface area contributed by atoms with Gasteiger partial charge in [0.2, 0.25) is 0 Å². The van der Waals surface area contributed by atoms with E-state index in [0.717, 1.165) is 24.0 Å². The van der Waals surface area contributed by atoms with Crippen LogP contribution < -0.4 is 0 Å². The Balaban J connectivity index is 2.58. The van der Waals surface area contributed by atoms with Crippen LogP contribution in [0.1, 0.15) is 41.5 Å². The number of hydrogen-bond acceptors (Lipinski definition) is 0. The van der Waals surface area contributed by atoms with E-state index in [-0.39, 0.29) is 0 Å². The van der Waals surface area contributed by atoms with Crippen molar-refractivity contribution < 1.29 is 0 Å². The van der Waals surface area contributed by atoms with Gasteiger partial charge in [-0.1, -0.05) is 17.8 Å². The van der Waals surface area contributed by atoms with E-state index >= 15 is 0 Å². The lowest BCUT2D eigenvalue weighted by Crippen LogP contribution is -1.93. The third kappa shape index (κ3) is 2.05. The summed E-state index contributed by atoms with van der Waals surface area (Å²) in [6.45, 7) is 2.13. The maximum Gasteiger partial charge on any atom is 0.0404 e. The fraction of sp³-hybridized carbons (Fsp3) is 0.333. The molecule has 1 aliphatic carbocycles. The molecule has 0 saturated heterocycles. The van der Waals surface area contributed by atoms with Gasteiger partial charge in [-0.25, -0.2) is 0 Å². The van der Waals surface area contributed by atoms with E-state index in [0.29, 0.717) is 0 Å². The van der Waals surface area contributed by atoms with Gasteiger partial charge < -0.3 is 0 Å². The molecule has 0 N–H and O–H groups in total. The van der Waals surface area contributed by atoms with E-state index in [1.54, 1.807) is 0 Å². The van der Waals surface area contributed by atoms with Crippen LogP contribution in [-0.4, -0.2) is 0 Å². The van der Waals surface area contributed by atoms with Crippen LogP contribution in [0.5, 0.6) is 0 Å². The highest BCUT2D eigenvalue weighted by atomic mass is 14.1. The summed E-state index contributed by atoms with van der Waals surface area (Å²) in [5.74, 6) is 9.08. The molecule has 74 valence electrons. The van der Waals surface area contributed by atoms with Gasteiger partial charge in [0.1, 0.15) is 0 Å². The van der Waals surface area contributed by atoms with Gasteiger partial charge in [-0.15, -0.1) is 6.42 Å². The second-order valence-electron chi connectivity index (χ2n) is 3.98. The van der Waals surface area contributed by atoms with Crippen LogP contribution in [0.4, 0.5) is 0 Å². The van der Waals surface area contributed by atoms with Crippen molar-refractivity contribution in [2.75, 3.05) is 0 Å². The van der Waals surface area contributed by atoms with E-state index in [9.17, 15) is 0 Å². The van der Waals surface area contributed by atoms with E-state index in [1.165, 1.54) is 24.0 Å². The zero-order valence-corrected chi connectivity index (χ0v) is 9.06. The maximum absolute atomic E-state index is 5.48. The Hall–Kier alpha value is -1.66. The van der Waals surface area contributed by atoms with Gasteiger partial charge >= 0.3 is 0 Å². The van der Waals surface area contributed by atoms with Gasteiger partial charge in [-0.05, 0) is 49.4 Å². The second kappa shape index (κ2) is 4.24. The number of aryl methyl sites for hydroxylation is 2. The predicted octanol–water partition coefficient (Wildman–Crippen LogP) is 3.05. The first kappa shape index (κ1) is 9.88.